The molecular weight excluding hydrogens is 324 g/mol. The average molecular weight is 342 g/mol. The molecule has 3 atom stereocenters. The number of ketones is 2. The first-order valence-corrected chi connectivity index (χ1v) is 8.42. The first-order valence-electron chi connectivity index (χ1n) is 8.42. The lowest BCUT2D eigenvalue weighted by molar-refractivity contribution is -0.140. The molecule has 0 unspecified atom stereocenters. The average Bonchev–Trinajstić information content (AvgIpc) is 2.98. The number of hydrogen-bond donors (Lipinski definition) is 0. The Morgan fingerprint density at radius 2 is 1.96 bits per heavy atom. The molecule has 0 aromatic heterocycles. The second-order valence-electron chi connectivity index (χ2n) is 6.43. The molecule has 2 heterocycles. The van der Waals surface area contributed by atoms with E-state index in [1.54, 1.807) is 18.2 Å². The Bertz CT molecular complexity index is 821. The van der Waals surface area contributed by atoms with Crippen LogP contribution < -0.4 is 4.74 Å². The van der Waals surface area contributed by atoms with Gasteiger partial charge in [-0.3, -0.25) is 14.4 Å². The van der Waals surface area contributed by atoms with Crippen LogP contribution >= 0.6 is 0 Å². The Hall–Kier alpha value is -2.47. The van der Waals surface area contributed by atoms with Crippen molar-refractivity contribution in [3.63, 3.8) is 0 Å². The van der Waals surface area contributed by atoms with Crippen molar-refractivity contribution < 1.29 is 28.6 Å². The monoisotopic (exact) mass is 342 g/mol. The van der Waals surface area contributed by atoms with E-state index in [0.717, 1.165) is 6.42 Å². The molecule has 2 aliphatic heterocycles. The van der Waals surface area contributed by atoms with Crippen LogP contribution in [-0.2, 0) is 14.3 Å². The maximum atomic E-state index is 13.2. The van der Waals surface area contributed by atoms with Gasteiger partial charge in [0.05, 0.1) is 30.8 Å². The largest absolute Gasteiger partial charge is 0.496 e. The molecule has 130 valence electrons. The molecule has 3 aliphatic rings. The highest BCUT2D eigenvalue weighted by molar-refractivity contribution is 6.29. The molecule has 0 radical (unpaired) electrons. The van der Waals surface area contributed by atoms with Crippen molar-refractivity contribution in [2.24, 2.45) is 0 Å². The van der Waals surface area contributed by atoms with Crippen LogP contribution in [0.1, 0.15) is 46.9 Å². The van der Waals surface area contributed by atoms with Gasteiger partial charge < -0.3 is 14.2 Å². The van der Waals surface area contributed by atoms with Gasteiger partial charge in [0.2, 0.25) is 0 Å². The second-order valence-corrected chi connectivity index (χ2v) is 6.43. The molecule has 1 aromatic rings. The molecule has 25 heavy (non-hydrogen) atoms. The normalized spacial score (nSPS) is 27.6. The van der Waals surface area contributed by atoms with Crippen molar-refractivity contribution in [2.75, 3.05) is 7.11 Å². The van der Waals surface area contributed by atoms with Crippen LogP contribution in [0.5, 0.6) is 5.75 Å². The number of esters is 1. The van der Waals surface area contributed by atoms with Gasteiger partial charge in [-0.25, -0.2) is 0 Å². The SMILES string of the molecule is CCC[C@@H]1O[C@@H]2CC(=O)O[C@@H]2C2=C1C(=O)c1c(OC)cccc1C2=O. The number of carbonyl (C=O) groups is 3. The fourth-order valence-corrected chi connectivity index (χ4v) is 3.91. The zero-order valence-corrected chi connectivity index (χ0v) is 14.0. The Labute approximate surface area is 144 Å². The number of fused-ring (bicyclic) bond motifs is 3. The van der Waals surface area contributed by atoms with Gasteiger partial charge in [0.15, 0.2) is 17.7 Å². The zero-order chi connectivity index (χ0) is 17.7. The van der Waals surface area contributed by atoms with E-state index in [9.17, 15) is 14.4 Å². The topological polar surface area (TPSA) is 78.9 Å². The van der Waals surface area contributed by atoms with Crippen LogP contribution in [0.2, 0.25) is 0 Å². The third kappa shape index (κ3) is 2.24. The summed E-state index contributed by atoms with van der Waals surface area (Å²) >= 11 is 0. The van der Waals surface area contributed by atoms with E-state index in [4.69, 9.17) is 14.2 Å². The maximum absolute atomic E-state index is 13.2. The van der Waals surface area contributed by atoms with E-state index < -0.39 is 24.3 Å². The molecule has 6 heteroatoms. The summed E-state index contributed by atoms with van der Waals surface area (Å²) in [6, 6.07) is 4.94. The Morgan fingerprint density at radius 1 is 1.16 bits per heavy atom. The van der Waals surface area contributed by atoms with Crippen molar-refractivity contribution in [3.8, 4) is 5.75 Å². The first-order chi connectivity index (χ1) is 12.1. The highest BCUT2D eigenvalue weighted by Gasteiger charge is 2.52. The van der Waals surface area contributed by atoms with Crippen molar-refractivity contribution >= 4 is 17.5 Å². The Morgan fingerprint density at radius 3 is 2.68 bits per heavy atom. The van der Waals surface area contributed by atoms with Gasteiger partial charge >= 0.3 is 5.97 Å². The number of hydrogen-bond acceptors (Lipinski definition) is 6. The summed E-state index contributed by atoms with van der Waals surface area (Å²) in [4.78, 5) is 38.1. The molecule has 6 nitrogen and oxygen atoms in total. The van der Waals surface area contributed by atoms with Crippen molar-refractivity contribution in [1.82, 2.24) is 0 Å². The Balaban J connectivity index is 1.92. The van der Waals surface area contributed by atoms with E-state index >= 15 is 0 Å². The zero-order valence-electron chi connectivity index (χ0n) is 14.0. The molecule has 1 aromatic carbocycles. The predicted molar refractivity (Wildman–Crippen MR) is 86.7 cm³/mol. The summed E-state index contributed by atoms with van der Waals surface area (Å²) in [5, 5.41) is 0. The molecule has 1 fully saturated rings. The van der Waals surface area contributed by atoms with Gasteiger partial charge in [-0.05, 0) is 12.5 Å². The van der Waals surface area contributed by atoms with E-state index in [-0.39, 0.29) is 29.1 Å². The van der Waals surface area contributed by atoms with Crippen LogP contribution in [0, 0.1) is 0 Å². The van der Waals surface area contributed by atoms with Crippen LogP contribution in [0.4, 0.5) is 0 Å². The van der Waals surface area contributed by atoms with Crippen LogP contribution in [0.3, 0.4) is 0 Å². The molecule has 1 saturated heterocycles. The van der Waals surface area contributed by atoms with Crippen LogP contribution in [0.25, 0.3) is 0 Å². The number of carbonyl (C=O) groups excluding carboxylic acids is 3. The fourth-order valence-electron chi connectivity index (χ4n) is 3.91. The standard InChI is InChI=1S/C19H18O6/c1-3-5-11-15-16(19-12(24-11)8-13(20)25-19)17(21)9-6-4-7-10(23-2)14(9)18(15)22/h4,6-7,11-12,19H,3,5,8H2,1-2H3/t11-,12+,19-/m0/s1. The van der Waals surface area contributed by atoms with Crippen molar-refractivity contribution in [3.05, 3.63) is 40.5 Å². The lowest BCUT2D eigenvalue weighted by atomic mass is 9.76. The summed E-state index contributed by atoms with van der Waals surface area (Å²) in [6.07, 6.45) is -0.328. The van der Waals surface area contributed by atoms with Gasteiger partial charge in [-0.15, -0.1) is 0 Å². The van der Waals surface area contributed by atoms with Crippen LogP contribution in [0.15, 0.2) is 29.3 Å². The minimum atomic E-state index is -0.800. The first kappa shape index (κ1) is 16.0. The number of rotatable bonds is 3. The van der Waals surface area contributed by atoms with Gasteiger partial charge in [0.1, 0.15) is 11.9 Å². The minimum Gasteiger partial charge on any atom is -0.496 e. The third-order valence-electron chi connectivity index (χ3n) is 4.96. The van der Waals surface area contributed by atoms with Gasteiger partial charge in [-0.1, -0.05) is 25.5 Å². The molecule has 0 spiro atoms. The smallest absolute Gasteiger partial charge is 0.309 e. The number of ether oxygens (including phenoxy) is 3. The minimum absolute atomic E-state index is 0.105. The van der Waals surface area contributed by atoms with Gasteiger partial charge in [0, 0.05) is 11.1 Å². The van der Waals surface area contributed by atoms with E-state index in [2.05, 4.69) is 0 Å². The lowest BCUT2D eigenvalue weighted by Crippen LogP contribution is -2.45. The molecular formula is C19H18O6. The number of methoxy groups -OCH3 is 1. The summed E-state index contributed by atoms with van der Waals surface area (Å²) in [6.45, 7) is 1.98. The number of Topliss-reactive ketones (excluding diaryl/α,β-unsaturated/α-hetero) is 2. The molecule has 0 saturated carbocycles. The third-order valence-corrected chi connectivity index (χ3v) is 4.96. The summed E-state index contributed by atoms with van der Waals surface area (Å²) in [5.41, 5.74) is 1.16. The van der Waals surface area contributed by atoms with Crippen molar-refractivity contribution in [2.45, 2.75) is 44.5 Å². The van der Waals surface area contributed by atoms with Gasteiger partial charge in [-0.2, -0.15) is 0 Å². The molecule has 1 aliphatic carbocycles. The lowest BCUT2D eigenvalue weighted by Gasteiger charge is -2.36. The maximum Gasteiger partial charge on any atom is 0.309 e. The Kier molecular flexibility index (Phi) is 3.72. The van der Waals surface area contributed by atoms with Crippen LogP contribution in [-0.4, -0.2) is 43.0 Å². The second kappa shape index (κ2) is 5.81. The van der Waals surface area contributed by atoms with Crippen molar-refractivity contribution in [1.29, 1.82) is 0 Å². The number of benzene rings is 1. The molecule has 0 amide bonds. The predicted octanol–water partition coefficient (Wildman–Crippen LogP) is 2.25. The quantitative estimate of drug-likeness (QED) is 0.784. The van der Waals surface area contributed by atoms with E-state index in [1.165, 1.54) is 7.11 Å². The molecule has 0 N–H and O–H groups in total. The molecule has 4 rings (SSSR count). The highest BCUT2D eigenvalue weighted by atomic mass is 16.6. The summed E-state index contributed by atoms with van der Waals surface area (Å²) in [5.74, 6) is -0.599. The van der Waals surface area contributed by atoms with E-state index in [0.29, 0.717) is 23.3 Å². The van der Waals surface area contributed by atoms with E-state index in [1.807, 2.05) is 6.92 Å². The molecule has 0 bridgehead atoms. The summed E-state index contributed by atoms with van der Waals surface area (Å²) in [7, 11) is 1.47. The summed E-state index contributed by atoms with van der Waals surface area (Å²) < 4.78 is 16.6. The fraction of sp³-hybridized carbons (Fsp3) is 0.421. The van der Waals surface area contributed by atoms with Gasteiger partial charge in [0.25, 0.3) is 0 Å². The highest BCUT2D eigenvalue weighted by Crippen LogP contribution is 2.43.